The van der Waals surface area contributed by atoms with E-state index in [1.54, 1.807) is 30.3 Å². The van der Waals surface area contributed by atoms with Crippen molar-refractivity contribution in [2.24, 2.45) is 0 Å². The maximum atomic E-state index is 12.4. The Morgan fingerprint density at radius 1 is 0.955 bits per heavy atom. The minimum Gasteiger partial charge on any atom is -0.299 e. The molecule has 0 unspecified atom stereocenters. The second-order valence-electron chi connectivity index (χ2n) is 5.62. The summed E-state index contributed by atoms with van der Waals surface area (Å²) in [7, 11) is -3.58. The molecule has 1 aliphatic carbocycles. The first-order chi connectivity index (χ1) is 10.4. The molecular weight excluding hydrogens is 298 g/mol. The van der Waals surface area contributed by atoms with Crippen molar-refractivity contribution < 1.29 is 13.2 Å². The smallest absolute Gasteiger partial charge is 0.261 e. The van der Waals surface area contributed by atoms with Gasteiger partial charge < -0.3 is 0 Å². The largest absolute Gasteiger partial charge is 0.299 e. The summed E-state index contributed by atoms with van der Waals surface area (Å²) in [5, 5.41) is 0. The number of carbonyl (C=O) groups excluding carboxylic acids is 1. The lowest BCUT2D eigenvalue weighted by Gasteiger charge is -2.16. The Hall–Kier alpha value is -2.14. The van der Waals surface area contributed by atoms with Gasteiger partial charge in [0.25, 0.3) is 10.0 Å². The highest BCUT2D eigenvalue weighted by Gasteiger charge is 2.18. The SMILES string of the molecule is Cc1ccc(S(=O)(=O)Nc2ccc3c(c2)CCC(=O)C3)cc1. The Balaban J connectivity index is 1.86. The number of fused-ring (bicyclic) bond motifs is 1. The van der Waals surface area contributed by atoms with E-state index in [2.05, 4.69) is 4.72 Å². The Morgan fingerprint density at radius 3 is 2.41 bits per heavy atom. The van der Waals surface area contributed by atoms with Crippen LogP contribution in [0.4, 0.5) is 5.69 Å². The van der Waals surface area contributed by atoms with Crippen molar-refractivity contribution in [3.05, 3.63) is 59.2 Å². The predicted molar refractivity (Wildman–Crippen MR) is 85.5 cm³/mol. The van der Waals surface area contributed by atoms with Crippen LogP contribution in [0, 0.1) is 6.92 Å². The third-order valence-electron chi connectivity index (χ3n) is 3.85. The van der Waals surface area contributed by atoms with Crippen molar-refractivity contribution in [3.63, 3.8) is 0 Å². The highest BCUT2D eigenvalue weighted by atomic mass is 32.2. The fraction of sp³-hybridized carbons (Fsp3) is 0.235. The van der Waals surface area contributed by atoms with Crippen LogP contribution in [0.5, 0.6) is 0 Å². The molecule has 1 aliphatic rings. The summed E-state index contributed by atoms with van der Waals surface area (Å²) in [6.07, 6.45) is 1.65. The van der Waals surface area contributed by atoms with Crippen LogP contribution in [0.2, 0.25) is 0 Å². The molecule has 0 radical (unpaired) electrons. The number of Topliss-reactive ketones (excluding diaryl/α,β-unsaturated/α-hetero) is 1. The molecule has 0 saturated carbocycles. The van der Waals surface area contributed by atoms with Crippen LogP contribution in [0.1, 0.15) is 23.1 Å². The third kappa shape index (κ3) is 3.04. The van der Waals surface area contributed by atoms with Gasteiger partial charge in [0.2, 0.25) is 0 Å². The third-order valence-corrected chi connectivity index (χ3v) is 5.25. The van der Waals surface area contributed by atoms with Crippen molar-refractivity contribution in [1.82, 2.24) is 0 Å². The summed E-state index contributed by atoms with van der Waals surface area (Å²) in [5.74, 6) is 0.237. The van der Waals surface area contributed by atoms with Gasteiger partial charge in [0.15, 0.2) is 0 Å². The molecule has 4 nitrogen and oxygen atoms in total. The lowest BCUT2D eigenvalue weighted by Crippen LogP contribution is -2.16. The van der Waals surface area contributed by atoms with Crippen LogP contribution < -0.4 is 4.72 Å². The van der Waals surface area contributed by atoms with Crippen molar-refractivity contribution in [3.8, 4) is 0 Å². The number of hydrogen-bond donors (Lipinski definition) is 1. The number of benzene rings is 2. The maximum Gasteiger partial charge on any atom is 0.261 e. The molecular formula is C17H17NO3S. The lowest BCUT2D eigenvalue weighted by atomic mass is 9.91. The quantitative estimate of drug-likeness (QED) is 0.947. The van der Waals surface area contributed by atoms with E-state index in [4.69, 9.17) is 0 Å². The average Bonchev–Trinajstić information content (AvgIpc) is 2.47. The van der Waals surface area contributed by atoms with Gasteiger partial charge in [-0.05, 0) is 48.7 Å². The van der Waals surface area contributed by atoms with E-state index in [-0.39, 0.29) is 10.7 Å². The van der Waals surface area contributed by atoms with Gasteiger partial charge in [0, 0.05) is 18.5 Å². The minimum absolute atomic E-state index is 0.237. The molecule has 0 aliphatic heterocycles. The maximum absolute atomic E-state index is 12.4. The summed E-state index contributed by atoms with van der Waals surface area (Å²) in [6.45, 7) is 1.91. The van der Waals surface area contributed by atoms with Gasteiger partial charge in [-0.15, -0.1) is 0 Å². The van der Waals surface area contributed by atoms with Gasteiger partial charge in [0.05, 0.1) is 4.90 Å². The second-order valence-corrected chi connectivity index (χ2v) is 7.30. The number of aryl methyl sites for hydroxylation is 2. The van der Waals surface area contributed by atoms with E-state index in [0.717, 1.165) is 16.7 Å². The van der Waals surface area contributed by atoms with E-state index in [9.17, 15) is 13.2 Å². The topological polar surface area (TPSA) is 63.2 Å². The number of ketones is 1. The standard InChI is InChI=1S/C17H17NO3S/c1-12-2-8-17(9-3-12)22(20,21)18-15-6-4-14-11-16(19)7-5-13(14)10-15/h2-4,6,8-10,18H,5,7,11H2,1H3. The van der Waals surface area contributed by atoms with Crippen molar-refractivity contribution in [2.75, 3.05) is 4.72 Å². The van der Waals surface area contributed by atoms with Gasteiger partial charge in [-0.1, -0.05) is 23.8 Å². The summed E-state index contributed by atoms with van der Waals surface area (Å²) in [5.41, 5.74) is 3.59. The monoisotopic (exact) mass is 315 g/mol. The van der Waals surface area contributed by atoms with Gasteiger partial charge in [-0.3, -0.25) is 9.52 Å². The number of nitrogens with one attached hydrogen (secondary N) is 1. The average molecular weight is 315 g/mol. The molecule has 0 fully saturated rings. The molecule has 0 aromatic heterocycles. The molecule has 22 heavy (non-hydrogen) atoms. The molecule has 0 spiro atoms. The Labute approximate surface area is 130 Å². The predicted octanol–water partition coefficient (Wildman–Crippen LogP) is 2.85. The molecule has 114 valence electrons. The second kappa shape index (κ2) is 5.57. The Morgan fingerprint density at radius 2 is 1.68 bits per heavy atom. The van der Waals surface area contributed by atoms with Crippen LogP contribution in [0.25, 0.3) is 0 Å². The van der Waals surface area contributed by atoms with Gasteiger partial charge in [-0.25, -0.2) is 8.42 Å². The summed E-state index contributed by atoms with van der Waals surface area (Å²) in [6, 6.07) is 12.1. The molecule has 0 heterocycles. The van der Waals surface area contributed by atoms with Gasteiger partial charge >= 0.3 is 0 Å². The molecule has 3 rings (SSSR count). The first kappa shape index (κ1) is 14.8. The van der Waals surface area contributed by atoms with Crippen molar-refractivity contribution >= 4 is 21.5 Å². The highest BCUT2D eigenvalue weighted by Crippen LogP contribution is 2.24. The normalized spacial score (nSPS) is 14.5. The van der Waals surface area contributed by atoms with E-state index < -0.39 is 10.0 Å². The van der Waals surface area contributed by atoms with Crippen LogP contribution >= 0.6 is 0 Å². The zero-order chi connectivity index (χ0) is 15.7. The number of sulfonamides is 1. The zero-order valence-electron chi connectivity index (χ0n) is 12.3. The number of rotatable bonds is 3. The number of hydrogen-bond acceptors (Lipinski definition) is 3. The fourth-order valence-corrected chi connectivity index (χ4v) is 3.65. The summed E-state index contributed by atoms with van der Waals surface area (Å²) < 4.78 is 27.3. The summed E-state index contributed by atoms with van der Waals surface area (Å²) >= 11 is 0. The van der Waals surface area contributed by atoms with Crippen LogP contribution in [0.15, 0.2) is 47.4 Å². The van der Waals surface area contributed by atoms with Crippen LogP contribution in [-0.2, 0) is 27.7 Å². The molecule has 0 saturated heterocycles. The van der Waals surface area contributed by atoms with Crippen LogP contribution in [0.3, 0.4) is 0 Å². The van der Waals surface area contributed by atoms with Crippen molar-refractivity contribution in [2.45, 2.75) is 31.1 Å². The van der Waals surface area contributed by atoms with Gasteiger partial charge in [-0.2, -0.15) is 0 Å². The molecule has 0 amide bonds. The number of carbonyl (C=O) groups is 1. The van der Waals surface area contributed by atoms with Gasteiger partial charge in [0.1, 0.15) is 5.78 Å². The number of anilines is 1. The van der Waals surface area contributed by atoms with Crippen LogP contribution in [-0.4, -0.2) is 14.2 Å². The zero-order valence-corrected chi connectivity index (χ0v) is 13.1. The molecule has 2 aromatic rings. The molecule has 2 aromatic carbocycles. The fourth-order valence-electron chi connectivity index (χ4n) is 2.60. The summed E-state index contributed by atoms with van der Waals surface area (Å²) in [4.78, 5) is 11.7. The first-order valence-electron chi connectivity index (χ1n) is 7.17. The van der Waals surface area contributed by atoms with E-state index in [1.165, 1.54) is 0 Å². The van der Waals surface area contributed by atoms with Crippen molar-refractivity contribution in [1.29, 1.82) is 0 Å². The molecule has 1 N–H and O–H groups in total. The van der Waals surface area contributed by atoms with E-state index in [1.807, 2.05) is 19.1 Å². The molecule has 0 bridgehead atoms. The Bertz CT molecular complexity index is 823. The van der Waals surface area contributed by atoms with E-state index in [0.29, 0.717) is 24.9 Å². The molecule has 0 atom stereocenters. The Kier molecular flexibility index (Phi) is 3.74. The highest BCUT2D eigenvalue weighted by molar-refractivity contribution is 7.92. The minimum atomic E-state index is -3.58. The first-order valence-corrected chi connectivity index (χ1v) is 8.65. The lowest BCUT2D eigenvalue weighted by molar-refractivity contribution is -0.118. The van der Waals surface area contributed by atoms with E-state index >= 15 is 0 Å². The molecule has 5 heteroatoms.